The van der Waals surface area contributed by atoms with E-state index in [4.69, 9.17) is 9.47 Å². The van der Waals surface area contributed by atoms with Crippen LogP contribution < -0.4 is 9.47 Å². The molecule has 0 saturated carbocycles. The van der Waals surface area contributed by atoms with E-state index in [2.05, 4.69) is 4.98 Å². The Bertz CT molecular complexity index is 1030. The van der Waals surface area contributed by atoms with Gasteiger partial charge in [0.15, 0.2) is 11.5 Å². The van der Waals surface area contributed by atoms with Gasteiger partial charge in [-0.3, -0.25) is 4.79 Å². The smallest absolute Gasteiger partial charge is 0.449 e. The fraction of sp³-hybridized carbons (Fsp3) is 0.300. The highest BCUT2D eigenvalue weighted by Gasteiger charge is 2.38. The first-order chi connectivity index (χ1) is 13.7. The van der Waals surface area contributed by atoms with Gasteiger partial charge in [-0.25, -0.2) is 4.98 Å². The van der Waals surface area contributed by atoms with Gasteiger partial charge in [0.25, 0.3) is 0 Å². The van der Waals surface area contributed by atoms with Crippen LogP contribution >= 0.6 is 0 Å². The number of hydrogen-bond acceptors (Lipinski definition) is 4. The summed E-state index contributed by atoms with van der Waals surface area (Å²) in [7, 11) is 4.55. The highest BCUT2D eigenvalue weighted by Crippen LogP contribution is 2.32. The standard InChI is InChI=1S/C20H20F3N3O3/c1-25(11-13-8-9-16(28-2)17(10-13)29-3)18(27)12-26-15-7-5-4-6-14(15)24-19(26)20(21,22)23/h4-10H,11-12H2,1-3H3. The predicted molar refractivity (Wildman–Crippen MR) is 101 cm³/mol. The maximum atomic E-state index is 13.4. The molecule has 0 bridgehead atoms. The van der Waals surface area contributed by atoms with Crippen molar-refractivity contribution in [1.82, 2.24) is 14.5 Å². The molecule has 0 spiro atoms. The first-order valence-electron chi connectivity index (χ1n) is 8.72. The van der Waals surface area contributed by atoms with E-state index >= 15 is 0 Å². The normalized spacial score (nSPS) is 11.5. The van der Waals surface area contributed by atoms with E-state index in [-0.39, 0.29) is 17.6 Å². The van der Waals surface area contributed by atoms with Crippen LogP contribution in [0.3, 0.4) is 0 Å². The molecule has 0 N–H and O–H groups in total. The number of imidazole rings is 1. The van der Waals surface area contributed by atoms with E-state index in [0.717, 1.165) is 10.1 Å². The molecule has 6 nitrogen and oxygen atoms in total. The quantitative estimate of drug-likeness (QED) is 0.625. The van der Waals surface area contributed by atoms with Gasteiger partial charge in [0.1, 0.15) is 6.54 Å². The van der Waals surface area contributed by atoms with E-state index in [1.807, 2.05) is 0 Å². The Morgan fingerprint density at radius 2 is 1.79 bits per heavy atom. The molecule has 0 fully saturated rings. The molecule has 0 aliphatic rings. The summed E-state index contributed by atoms with van der Waals surface area (Å²) < 4.78 is 51.5. The van der Waals surface area contributed by atoms with Crippen molar-refractivity contribution in [2.75, 3.05) is 21.3 Å². The fourth-order valence-corrected chi connectivity index (χ4v) is 3.05. The van der Waals surface area contributed by atoms with E-state index in [1.54, 1.807) is 30.3 Å². The average molecular weight is 407 g/mol. The molecule has 1 amide bonds. The molecule has 0 aliphatic carbocycles. The van der Waals surface area contributed by atoms with E-state index < -0.39 is 24.5 Å². The second-order valence-corrected chi connectivity index (χ2v) is 6.45. The highest BCUT2D eigenvalue weighted by molar-refractivity contribution is 5.81. The zero-order valence-electron chi connectivity index (χ0n) is 16.2. The van der Waals surface area contributed by atoms with Gasteiger partial charge in [0.05, 0.1) is 25.3 Å². The van der Waals surface area contributed by atoms with Crippen LogP contribution in [-0.4, -0.2) is 41.6 Å². The molecule has 9 heteroatoms. The first kappa shape index (κ1) is 20.5. The number of fused-ring (bicyclic) bond motifs is 1. The van der Waals surface area contributed by atoms with E-state index in [0.29, 0.717) is 11.5 Å². The van der Waals surface area contributed by atoms with Gasteiger partial charge in [-0.1, -0.05) is 18.2 Å². The zero-order valence-corrected chi connectivity index (χ0v) is 16.2. The monoisotopic (exact) mass is 407 g/mol. The van der Waals surface area contributed by atoms with Crippen molar-refractivity contribution in [1.29, 1.82) is 0 Å². The average Bonchev–Trinajstić information content (AvgIpc) is 3.06. The van der Waals surface area contributed by atoms with Crippen molar-refractivity contribution < 1.29 is 27.4 Å². The topological polar surface area (TPSA) is 56.6 Å². The van der Waals surface area contributed by atoms with Crippen molar-refractivity contribution in [3.8, 4) is 11.5 Å². The molecule has 154 valence electrons. The Kier molecular flexibility index (Phi) is 5.67. The molecule has 0 radical (unpaired) electrons. The van der Waals surface area contributed by atoms with Crippen molar-refractivity contribution in [2.45, 2.75) is 19.3 Å². The number of para-hydroxylation sites is 2. The summed E-state index contributed by atoms with van der Waals surface area (Å²) in [6.07, 6.45) is -4.67. The third-order valence-corrected chi connectivity index (χ3v) is 4.49. The van der Waals surface area contributed by atoms with Crippen molar-refractivity contribution >= 4 is 16.9 Å². The number of nitrogens with zero attached hydrogens (tertiary/aromatic N) is 3. The summed E-state index contributed by atoms with van der Waals surface area (Å²) in [6, 6.07) is 11.4. The van der Waals surface area contributed by atoms with Gasteiger partial charge in [-0.2, -0.15) is 13.2 Å². The van der Waals surface area contributed by atoms with Gasteiger partial charge in [-0.15, -0.1) is 0 Å². The van der Waals surface area contributed by atoms with Crippen LogP contribution in [0, 0.1) is 0 Å². The molecule has 0 unspecified atom stereocenters. The lowest BCUT2D eigenvalue weighted by Gasteiger charge is -2.20. The Morgan fingerprint density at radius 3 is 2.45 bits per heavy atom. The lowest BCUT2D eigenvalue weighted by atomic mass is 10.2. The van der Waals surface area contributed by atoms with Crippen LogP contribution in [-0.2, 0) is 24.1 Å². The van der Waals surface area contributed by atoms with Crippen LogP contribution in [0.5, 0.6) is 11.5 Å². The van der Waals surface area contributed by atoms with E-state index in [9.17, 15) is 18.0 Å². The Hall–Kier alpha value is -3.23. The van der Waals surface area contributed by atoms with Gasteiger partial charge in [0, 0.05) is 13.6 Å². The maximum absolute atomic E-state index is 13.4. The third-order valence-electron chi connectivity index (χ3n) is 4.49. The number of halogens is 3. The Morgan fingerprint density at radius 1 is 1.10 bits per heavy atom. The molecule has 2 aromatic carbocycles. The number of carbonyl (C=O) groups is 1. The van der Waals surface area contributed by atoms with Crippen molar-refractivity contribution in [3.05, 3.63) is 53.9 Å². The van der Waals surface area contributed by atoms with E-state index in [1.165, 1.54) is 38.3 Å². The highest BCUT2D eigenvalue weighted by atomic mass is 19.4. The summed E-state index contributed by atoms with van der Waals surface area (Å²) in [6.45, 7) is -0.272. The summed E-state index contributed by atoms with van der Waals surface area (Å²) >= 11 is 0. The molecular formula is C20H20F3N3O3. The molecule has 1 aromatic heterocycles. The van der Waals surface area contributed by atoms with Crippen LogP contribution in [0.1, 0.15) is 11.4 Å². The number of rotatable bonds is 6. The minimum absolute atomic E-state index is 0.190. The number of methoxy groups -OCH3 is 2. The minimum Gasteiger partial charge on any atom is -0.493 e. The summed E-state index contributed by atoms with van der Waals surface area (Å²) in [4.78, 5) is 17.7. The van der Waals surface area contributed by atoms with Crippen molar-refractivity contribution in [2.24, 2.45) is 0 Å². The second-order valence-electron chi connectivity index (χ2n) is 6.45. The molecule has 0 aliphatic heterocycles. The molecular weight excluding hydrogens is 387 g/mol. The number of benzene rings is 2. The summed E-state index contributed by atoms with van der Waals surface area (Å²) in [5, 5.41) is 0. The molecule has 29 heavy (non-hydrogen) atoms. The number of aromatic nitrogens is 2. The van der Waals surface area contributed by atoms with Gasteiger partial charge >= 0.3 is 6.18 Å². The van der Waals surface area contributed by atoms with Crippen LogP contribution in [0.15, 0.2) is 42.5 Å². The fourth-order valence-electron chi connectivity index (χ4n) is 3.05. The second kappa shape index (κ2) is 8.02. The SMILES string of the molecule is COc1ccc(CN(C)C(=O)Cn2c(C(F)(F)F)nc3ccccc32)cc1OC. The van der Waals surface area contributed by atoms with Crippen LogP contribution in [0.4, 0.5) is 13.2 Å². The molecule has 3 rings (SSSR count). The van der Waals surface area contributed by atoms with Gasteiger partial charge in [-0.05, 0) is 29.8 Å². The third kappa shape index (κ3) is 4.28. The van der Waals surface area contributed by atoms with Gasteiger partial charge in [0.2, 0.25) is 11.7 Å². The van der Waals surface area contributed by atoms with Crippen molar-refractivity contribution in [3.63, 3.8) is 0 Å². The molecule has 3 aromatic rings. The summed E-state index contributed by atoms with van der Waals surface area (Å²) in [5.74, 6) is -0.518. The Labute approximate surface area is 165 Å². The number of likely N-dealkylation sites (N-methyl/N-ethyl adjacent to an activating group) is 1. The number of carbonyl (C=O) groups excluding carboxylic acids is 1. The first-order valence-corrected chi connectivity index (χ1v) is 8.72. The minimum atomic E-state index is -4.67. The predicted octanol–water partition coefficient (Wildman–Crippen LogP) is 3.73. The number of amides is 1. The lowest BCUT2D eigenvalue weighted by Crippen LogP contribution is -2.31. The lowest BCUT2D eigenvalue weighted by molar-refractivity contribution is -0.148. The number of ether oxygens (including phenoxy) is 2. The summed E-state index contributed by atoms with van der Waals surface area (Å²) in [5.41, 5.74) is 1.20. The maximum Gasteiger partial charge on any atom is 0.449 e. The number of hydrogen-bond donors (Lipinski definition) is 0. The molecule has 0 saturated heterocycles. The molecule has 1 heterocycles. The number of alkyl halides is 3. The van der Waals surface area contributed by atoms with Gasteiger partial charge < -0.3 is 18.9 Å². The van der Waals surface area contributed by atoms with Crippen LogP contribution in [0.2, 0.25) is 0 Å². The molecule has 0 atom stereocenters. The zero-order chi connectivity index (χ0) is 21.2. The Balaban J connectivity index is 1.83. The van der Waals surface area contributed by atoms with Crippen LogP contribution in [0.25, 0.3) is 11.0 Å². The largest absolute Gasteiger partial charge is 0.493 e.